The summed E-state index contributed by atoms with van der Waals surface area (Å²) in [7, 11) is 0. The van der Waals surface area contributed by atoms with Crippen LogP contribution >= 0.6 is 0 Å². The number of aryl methyl sites for hydroxylation is 1. The fourth-order valence-electron chi connectivity index (χ4n) is 1.77. The number of nitrogens with one attached hydrogen (secondary N) is 2. The molecule has 2 aromatic rings. The Hall–Kier alpha value is -1.75. The van der Waals surface area contributed by atoms with Gasteiger partial charge >= 0.3 is 0 Å². The predicted molar refractivity (Wildman–Crippen MR) is 64.2 cm³/mol. The first-order valence-corrected chi connectivity index (χ1v) is 5.88. The summed E-state index contributed by atoms with van der Waals surface area (Å²) >= 11 is 0. The number of nitrogens with zero attached hydrogens (tertiary/aromatic N) is 3. The molecule has 1 aliphatic carbocycles. The summed E-state index contributed by atoms with van der Waals surface area (Å²) in [6.07, 6.45) is 5.98. The summed E-state index contributed by atoms with van der Waals surface area (Å²) in [5, 5.41) is 10.8. The van der Waals surface area contributed by atoms with Crippen molar-refractivity contribution < 1.29 is 0 Å². The first kappa shape index (κ1) is 10.4. The maximum atomic E-state index is 4.30. The van der Waals surface area contributed by atoms with Crippen molar-refractivity contribution in [1.82, 2.24) is 25.5 Å². The van der Waals surface area contributed by atoms with Crippen LogP contribution in [0, 0.1) is 6.92 Å². The lowest BCUT2D eigenvalue weighted by molar-refractivity contribution is 0.672. The van der Waals surface area contributed by atoms with Crippen LogP contribution in [0.15, 0.2) is 18.5 Å². The molecule has 0 spiro atoms. The van der Waals surface area contributed by atoms with Crippen LogP contribution in [-0.2, 0) is 6.54 Å². The van der Waals surface area contributed by atoms with E-state index in [-0.39, 0.29) is 0 Å². The van der Waals surface area contributed by atoms with Gasteiger partial charge in [0.2, 0.25) is 0 Å². The Morgan fingerprint density at radius 2 is 2.18 bits per heavy atom. The van der Waals surface area contributed by atoms with E-state index < -0.39 is 0 Å². The number of hydrogen-bond donors (Lipinski definition) is 2. The van der Waals surface area contributed by atoms with Gasteiger partial charge in [-0.25, -0.2) is 0 Å². The molecule has 0 aliphatic heterocycles. The maximum Gasteiger partial charge on any atom is 0.113 e. The highest BCUT2D eigenvalue weighted by Gasteiger charge is 2.20. The van der Waals surface area contributed by atoms with Crippen molar-refractivity contribution in [2.45, 2.75) is 32.4 Å². The second kappa shape index (κ2) is 4.25. The maximum absolute atomic E-state index is 4.30. The van der Waals surface area contributed by atoms with E-state index in [2.05, 4.69) is 25.5 Å². The predicted octanol–water partition coefficient (Wildman–Crippen LogP) is 1.43. The molecule has 1 aliphatic rings. The molecule has 0 saturated heterocycles. The molecule has 1 saturated carbocycles. The molecule has 1 fully saturated rings. The highest BCUT2D eigenvalue weighted by atomic mass is 15.1. The summed E-state index contributed by atoms with van der Waals surface area (Å²) in [5.74, 6) is 0. The minimum Gasteiger partial charge on any atom is -0.308 e. The van der Waals surface area contributed by atoms with Crippen molar-refractivity contribution in [1.29, 1.82) is 0 Å². The van der Waals surface area contributed by atoms with E-state index in [0.717, 1.165) is 29.3 Å². The highest BCUT2D eigenvalue weighted by Crippen LogP contribution is 2.20. The van der Waals surface area contributed by atoms with E-state index in [4.69, 9.17) is 0 Å². The molecular formula is C12H15N5. The number of rotatable bonds is 4. The largest absolute Gasteiger partial charge is 0.308 e. The molecule has 0 amide bonds. The van der Waals surface area contributed by atoms with Crippen LogP contribution in [0.4, 0.5) is 0 Å². The van der Waals surface area contributed by atoms with Gasteiger partial charge in [0, 0.05) is 30.7 Å². The number of H-pyrrole nitrogens is 1. The molecule has 17 heavy (non-hydrogen) atoms. The van der Waals surface area contributed by atoms with Gasteiger partial charge in [-0.3, -0.25) is 15.1 Å². The molecule has 2 N–H and O–H groups in total. The van der Waals surface area contributed by atoms with Gasteiger partial charge in [-0.15, -0.1) is 0 Å². The van der Waals surface area contributed by atoms with Crippen LogP contribution in [0.3, 0.4) is 0 Å². The third kappa shape index (κ3) is 2.34. The average molecular weight is 229 g/mol. The smallest absolute Gasteiger partial charge is 0.113 e. The lowest BCUT2D eigenvalue weighted by atomic mass is 10.2. The van der Waals surface area contributed by atoms with Crippen LogP contribution in [-0.4, -0.2) is 26.2 Å². The van der Waals surface area contributed by atoms with Gasteiger partial charge in [0.05, 0.1) is 5.69 Å². The van der Waals surface area contributed by atoms with Crippen molar-refractivity contribution in [2.75, 3.05) is 0 Å². The zero-order valence-electron chi connectivity index (χ0n) is 9.77. The van der Waals surface area contributed by atoms with Gasteiger partial charge < -0.3 is 5.32 Å². The number of aromatic amines is 1. The average Bonchev–Trinajstić information content (AvgIpc) is 3.06. The molecule has 0 aromatic carbocycles. The quantitative estimate of drug-likeness (QED) is 0.832. The van der Waals surface area contributed by atoms with E-state index in [1.165, 1.54) is 12.8 Å². The van der Waals surface area contributed by atoms with Crippen molar-refractivity contribution in [3.05, 3.63) is 29.8 Å². The summed E-state index contributed by atoms with van der Waals surface area (Å²) < 4.78 is 0. The molecular weight excluding hydrogens is 214 g/mol. The van der Waals surface area contributed by atoms with Gasteiger partial charge in [0.1, 0.15) is 11.4 Å². The van der Waals surface area contributed by atoms with E-state index in [1.807, 2.05) is 13.0 Å². The highest BCUT2D eigenvalue weighted by molar-refractivity contribution is 5.56. The zero-order valence-corrected chi connectivity index (χ0v) is 9.77. The van der Waals surface area contributed by atoms with E-state index >= 15 is 0 Å². The molecule has 0 bridgehead atoms. The number of hydrogen-bond acceptors (Lipinski definition) is 4. The first-order valence-electron chi connectivity index (χ1n) is 5.88. The van der Waals surface area contributed by atoms with Crippen LogP contribution in [0.25, 0.3) is 11.4 Å². The minimum atomic E-state index is 0.708. The topological polar surface area (TPSA) is 66.5 Å². The lowest BCUT2D eigenvalue weighted by Gasteiger charge is -1.98. The first-order chi connectivity index (χ1) is 8.33. The van der Waals surface area contributed by atoms with Gasteiger partial charge in [0.25, 0.3) is 0 Å². The Labute approximate surface area is 99.7 Å². The monoisotopic (exact) mass is 229 g/mol. The lowest BCUT2D eigenvalue weighted by Crippen LogP contribution is -2.15. The van der Waals surface area contributed by atoms with Gasteiger partial charge in [0.15, 0.2) is 0 Å². The normalized spacial score (nSPS) is 15.1. The summed E-state index contributed by atoms with van der Waals surface area (Å²) in [5.41, 5.74) is 3.71. The van der Waals surface area contributed by atoms with E-state index in [9.17, 15) is 0 Å². The third-order valence-electron chi connectivity index (χ3n) is 2.91. The third-order valence-corrected chi connectivity index (χ3v) is 2.91. The SMILES string of the molecule is Cc1nccnc1-c1cc(CNC2CC2)[nH]n1. The fourth-order valence-corrected chi connectivity index (χ4v) is 1.77. The Morgan fingerprint density at radius 1 is 1.35 bits per heavy atom. The van der Waals surface area contributed by atoms with E-state index in [1.54, 1.807) is 12.4 Å². The van der Waals surface area contributed by atoms with Crippen LogP contribution in [0.1, 0.15) is 24.2 Å². The van der Waals surface area contributed by atoms with Crippen LogP contribution in [0.2, 0.25) is 0 Å². The van der Waals surface area contributed by atoms with Crippen LogP contribution < -0.4 is 5.32 Å². The van der Waals surface area contributed by atoms with Crippen molar-refractivity contribution in [2.24, 2.45) is 0 Å². The van der Waals surface area contributed by atoms with E-state index in [0.29, 0.717) is 6.04 Å². The molecule has 5 nitrogen and oxygen atoms in total. The molecule has 3 rings (SSSR count). The Balaban J connectivity index is 1.77. The molecule has 2 aromatic heterocycles. The van der Waals surface area contributed by atoms with Gasteiger partial charge in [-0.05, 0) is 25.8 Å². The fraction of sp³-hybridized carbons (Fsp3) is 0.417. The zero-order chi connectivity index (χ0) is 11.7. The molecule has 0 unspecified atom stereocenters. The molecule has 0 atom stereocenters. The second-order valence-electron chi connectivity index (χ2n) is 4.42. The molecule has 0 radical (unpaired) electrons. The standard InChI is InChI=1S/C12H15N5/c1-8-12(14-5-4-13-8)11-6-10(16-17-11)7-15-9-2-3-9/h4-6,9,15H,2-3,7H2,1H3,(H,16,17). The van der Waals surface area contributed by atoms with Crippen molar-refractivity contribution in [3.63, 3.8) is 0 Å². The Morgan fingerprint density at radius 3 is 2.94 bits per heavy atom. The summed E-state index contributed by atoms with van der Waals surface area (Å²) in [4.78, 5) is 8.52. The number of aromatic nitrogens is 4. The van der Waals surface area contributed by atoms with Crippen LogP contribution in [0.5, 0.6) is 0 Å². The molecule has 88 valence electrons. The Bertz CT molecular complexity index is 515. The molecule has 5 heteroatoms. The van der Waals surface area contributed by atoms with Crippen molar-refractivity contribution in [3.8, 4) is 11.4 Å². The van der Waals surface area contributed by atoms with Gasteiger partial charge in [-0.2, -0.15) is 5.10 Å². The minimum absolute atomic E-state index is 0.708. The summed E-state index contributed by atoms with van der Waals surface area (Å²) in [6.45, 7) is 2.79. The van der Waals surface area contributed by atoms with Gasteiger partial charge in [-0.1, -0.05) is 0 Å². The van der Waals surface area contributed by atoms with Crippen molar-refractivity contribution >= 4 is 0 Å². The Kier molecular flexibility index (Phi) is 2.60. The molecule has 2 heterocycles. The summed E-state index contributed by atoms with van der Waals surface area (Å²) in [6, 6.07) is 2.74. The second-order valence-corrected chi connectivity index (χ2v) is 4.42.